The molecule has 22 heteroatoms. The van der Waals surface area contributed by atoms with Crippen LogP contribution in [0.5, 0.6) is 0 Å². The lowest BCUT2D eigenvalue weighted by Gasteiger charge is -2.22. The van der Waals surface area contributed by atoms with E-state index in [2.05, 4.69) is 18.9 Å². The number of halogens is 18. The second-order valence-electron chi connectivity index (χ2n) is 5.92. The second-order valence-corrected chi connectivity index (χ2v) is 5.92. The zero-order valence-electron chi connectivity index (χ0n) is 19.4. The standard InChI is InChI=1S/C5H6F6O.C4H4F6O.C4H7F3O.C3H5F3O/c1-2-12-3(4(6,7)8)5(9,10)11;1-11-2(3(5,6)7)4(8,9)10;1-2-8-3-4(5,6)7;1-7-2-3(4,5)6/h3H,2H2,1H3;2H,1H3;2-3H2,1H3;2H2,1H3. The third-order valence-corrected chi connectivity index (χ3v) is 2.54. The van der Waals surface area contributed by atoms with Crippen LogP contribution in [0.15, 0.2) is 0 Å². The molecule has 236 valence electrons. The molecule has 0 saturated heterocycles. The minimum absolute atomic E-state index is 0.111. The monoisotopic (exact) mass is 620 g/mol. The first-order valence-electron chi connectivity index (χ1n) is 9.12. The first-order chi connectivity index (χ1) is 16.5. The number of ether oxygens (including phenoxy) is 4. The van der Waals surface area contributed by atoms with Crippen molar-refractivity contribution in [1.82, 2.24) is 0 Å². The Bertz CT molecular complexity index is 532. The fourth-order valence-corrected chi connectivity index (χ4v) is 1.38. The van der Waals surface area contributed by atoms with Gasteiger partial charge in [0.1, 0.15) is 13.2 Å². The summed E-state index contributed by atoms with van der Waals surface area (Å²) in [6, 6.07) is 0. The molecule has 0 aliphatic heterocycles. The Morgan fingerprint density at radius 2 is 0.789 bits per heavy atom. The lowest BCUT2D eigenvalue weighted by Crippen LogP contribution is -2.44. The molecule has 0 unspecified atom stereocenters. The van der Waals surface area contributed by atoms with Gasteiger partial charge >= 0.3 is 37.1 Å². The van der Waals surface area contributed by atoms with Crippen molar-refractivity contribution < 1.29 is 98.0 Å². The van der Waals surface area contributed by atoms with Gasteiger partial charge in [-0.25, -0.2) is 0 Å². The zero-order valence-corrected chi connectivity index (χ0v) is 19.4. The molecular weight excluding hydrogens is 598 g/mol. The van der Waals surface area contributed by atoms with E-state index in [1.165, 1.54) is 6.92 Å². The van der Waals surface area contributed by atoms with Crippen molar-refractivity contribution in [2.45, 2.75) is 63.1 Å². The molecule has 0 aromatic heterocycles. The average molecular weight is 620 g/mol. The van der Waals surface area contributed by atoms with Crippen molar-refractivity contribution in [3.8, 4) is 0 Å². The molecule has 38 heavy (non-hydrogen) atoms. The van der Waals surface area contributed by atoms with Gasteiger partial charge in [0.05, 0.1) is 0 Å². The summed E-state index contributed by atoms with van der Waals surface area (Å²) in [5, 5.41) is 0. The lowest BCUT2D eigenvalue weighted by atomic mass is 10.3. The van der Waals surface area contributed by atoms with Gasteiger partial charge < -0.3 is 18.9 Å². The van der Waals surface area contributed by atoms with E-state index in [0.29, 0.717) is 7.11 Å². The van der Waals surface area contributed by atoms with Crippen molar-refractivity contribution >= 4 is 0 Å². The van der Waals surface area contributed by atoms with Gasteiger partial charge in [0.2, 0.25) is 12.2 Å². The third-order valence-electron chi connectivity index (χ3n) is 2.54. The van der Waals surface area contributed by atoms with Gasteiger partial charge in [-0.15, -0.1) is 0 Å². The number of hydrogen-bond donors (Lipinski definition) is 0. The fraction of sp³-hybridized carbons (Fsp3) is 1.00. The fourth-order valence-electron chi connectivity index (χ4n) is 1.38. The SMILES string of the molecule is CCOC(C(F)(F)F)C(F)(F)F.CCOCC(F)(F)F.COC(C(F)(F)F)C(F)(F)F.COCC(F)(F)F. The Morgan fingerprint density at radius 3 is 0.842 bits per heavy atom. The van der Waals surface area contributed by atoms with Crippen LogP contribution in [0.4, 0.5) is 79.0 Å². The Labute approximate surface area is 203 Å². The number of alkyl halides is 18. The highest BCUT2D eigenvalue weighted by Crippen LogP contribution is 2.36. The maximum Gasteiger partial charge on any atom is 0.423 e. The number of rotatable bonds is 6. The highest BCUT2D eigenvalue weighted by Gasteiger charge is 2.58. The van der Waals surface area contributed by atoms with E-state index >= 15 is 0 Å². The molecule has 0 aliphatic carbocycles. The Hall–Kier alpha value is -1.42. The van der Waals surface area contributed by atoms with Gasteiger partial charge in [0, 0.05) is 27.4 Å². The first kappa shape index (κ1) is 43.6. The average Bonchev–Trinajstić information content (AvgIpc) is 2.60. The van der Waals surface area contributed by atoms with Gasteiger partial charge in [-0.1, -0.05) is 0 Å². The van der Waals surface area contributed by atoms with Gasteiger partial charge in [0.15, 0.2) is 0 Å². The normalized spacial score (nSPS) is 13.3. The Balaban J connectivity index is -0.000000207. The molecule has 0 N–H and O–H groups in total. The molecular formula is C16H22F18O4. The maximum atomic E-state index is 11.6. The summed E-state index contributed by atoms with van der Waals surface area (Å²) < 4.78 is 218. The van der Waals surface area contributed by atoms with Crippen LogP contribution in [0.1, 0.15) is 13.8 Å². The summed E-state index contributed by atoms with van der Waals surface area (Å²) in [5.74, 6) is 0. The molecule has 0 radical (unpaired) electrons. The molecule has 0 saturated carbocycles. The first-order valence-corrected chi connectivity index (χ1v) is 9.12. The topological polar surface area (TPSA) is 36.9 Å². The molecule has 0 fully saturated rings. The molecule has 0 aromatic rings. The molecule has 0 atom stereocenters. The predicted octanol–water partition coefficient (Wildman–Crippen LogP) is 7.42. The summed E-state index contributed by atoms with van der Waals surface area (Å²) in [5.41, 5.74) is 0. The van der Waals surface area contributed by atoms with Crippen molar-refractivity contribution in [2.75, 3.05) is 40.6 Å². The Morgan fingerprint density at radius 1 is 0.474 bits per heavy atom. The quantitative estimate of drug-likeness (QED) is 0.290. The summed E-state index contributed by atoms with van der Waals surface area (Å²) in [4.78, 5) is 0. The number of methoxy groups -OCH3 is 2. The van der Waals surface area contributed by atoms with Crippen LogP contribution in [0.2, 0.25) is 0 Å². The van der Waals surface area contributed by atoms with Crippen LogP contribution >= 0.6 is 0 Å². The molecule has 0 rings (SSSR count). The summed E-state index contributed by atoms with van der Waals surface area (Å²) in [6.07, 6.45) is -37.3. The van der Waals surface area contributed by atoms with E-state index in [1.807, 2.05) is 0 Å². The van der Waals surface area contributed by atoms with Crippen LogP contribution in [0, 0.1) is 0 Å². The minimum atomic E-state index is -5.40. The van der Waals surface area contributed by atoms with Gasteiger partial charge in [-0.05, 0) is 13.8 Å². The van der Waals surface area contributed by atoms with Crippen LogP contribution in [-0.2, 0) is 18.9 Å². The summed E-state index contributed by atoms with van der Waals surface area (Å²) in [6.45, 7) is -0.240. The van der Waals surface area contributed by atoms with Crippen LogP contribution in [0.25, 0.3) is 0 Å². The van der Waals surface area contributed by atoms with Gasteiger partial charge in [-0.3, -0.25) is 0 Å². The predicted molar refractivity (Wildman–Crippen MR) is 90.9 cm³/mol. The van der Waals surface area contributed by atoms with Crippen LogP contribution in [0.3, 0.4) is 0 Å². The second kappa shape index (κ2) is 18.0. The lowest BCUT2D eigenvalue weighted by molar-refractivity contribution is -0.321. The van der Waals surface area contributed by atoms with E-state index in [4.69, 9.17) is 0 Å². The molecule has 0 bridgehead atoms. The summed E-state index contributed by atoms with van der Waals surface area (Å²) >= 11 is 0. The van der Waals surface area contributed by atoms with Crippen molar-refractivity contribution in [3.05, 3.63) is 0 Å². The highest BCUT2D eigenvalue weighted by atomic mass is 19.4. The van der Waals surface area contributed by atoms with E-state index in [-0.39, 0.29) is 6.61 Å². The van der Waals surface area contributed by atoms with E-state index < -0.39 is 69.1 Å². The molecule has 0 heterocycles. The van der Waals surface area contributed by atoms with Crippen molar-refractivity contribution in [3.63, 3.8) is 0 Å². The van der Waals surface area contributed by atoms with Crippen molar-refractivity contribution in [2.24, 2.45) is 0 Å². The van der Waals surface area contributed by atoms with Gasteiger partial charge in [-0.2, -0.15) is 79.0 Å². The van der Waals surface area contributed by atoms with Crippen LogP contribution < -0.4 is 0 Å². The maximum absolute atomic E-state index is 11.6. The smallest absolute Gasteiger partial charge is 0.375 e. The van der Waals surface area contributed by atoms with Crippen molar-refractivity contribution in [1.29, 1.82) is 0 Å². The largest absolute Gasteiger partial charge is 0.423 e. The van der Waals surface area contributed by atoms with E-state index in [1.54, 1.807) is 0 Å². The molecule has 0 aromatic carbocycles. The number of hydrogen-bond acceptors (Lipinski definition) is 4. The minimum Gasteiger partial charge on any atom is -0.375 e. The van der Waals surface area contributed by atoms with E-state index in [0.717, 1.165) is 14.0 Å². The Kier molecular flexibility index (Phi) is 20.7. The summed E-state index contributed by atoms with van der Waals surface area (Å²) in [7, 11) is 1.36. The van der Waals surface area contributed by atoms with Gasteiger partial charge in [0.25, 0.3) is 0 Å². The third kappa shape index (κ3) is 29.1. The molecule has 0 amide bonds. The molecule has 0 aliphatic rings. The highest BCUT2D eigenvalue weighted by molar-refractivity contribution is 4.75. The van der Waals surface area contributed by atoms with E-state index in [9.17, 15) is 79.0 Å². The molecule has 0 spiro atoms. The van der Waals surface area contributed by atoms with Crippen LogP contribution in [-0.4, -0.2) is 89.9 Å². The molecule has 4 nitrogen and oxygen atoms in total. The zero-order chi connectivity index (χ0) is 31.8.